The number of carboxylic acids is 1. The molecular formula is C16H22N2O3. The molecule has 0 heterocycles. The first kappa shape index (κ1) is 15.4. The van der Waals surface area contributed by atoms with Gasteiger partial charge in [0.25, 0.3) is 0 Å². The van der Waals surface area contributed by atoms with E-state index < -0.39 is 5.97 Å². The molecule has 1 unspecified atom stereocenters. The number of benzene rings is 1. The molecule has 1 fully saturated rings. The topological polar surface area (TPSA) is 69.6 Å². The zero-order valence-corrected chi connectivity index (χ0v) is 12.3. The molecule has 0 saturated heterocycles. The summed E-state index contributed by atoms with van der Waals surface area (Å²) in [5.74, 6) is -0.216. The van der Waals surface area contributed by atoms with Gasteiger partial charge in [-0.05, 0) is 30.7 Å². The first-order valence-corrected chi connectivity index (χ1v) is 7.34. The summed E-state index contributed by atoms with van der Waals surface area (Å²) in [6, 6.07) is 9.10. The third-order valence-electron chi connectivity index (χ3n) is 3.72. The van der Waals surface area contributed by atoms with E-state index in [0.29, 0.717) is 12.3 Å². The smallest absolute Gasteiger partial charge is 0.317 e. The Morgan fingerprint density at radius 2 is 2.00 bits per heavy atom. The molecule has 2 rings (SSSR count). The largest absolute Gasteiger partial charge is 0.481 e. The predicted molar refractivity (Wildman–Crippen MR) is 79.9 cm³/mol. The molecule has 0 spiro atoms. The third-order valence-corrected chi connectivity index (χ3v) is 3.72. The van der Waals surface area contributed by atoms with Gasteiger partial charge in [-0.25, -0.2) is 4.79 Å². The lowest BCUT2D eigenvalue weighted by atomic mass is 10.0. The van der Waals surface area contributed by atoms with Crippen molar-refractivity contribution in [3.8, 4) is 0 Å². The summed E-state index contributed by atoms with van der Waals surface area (Å²) in [6.45, 7) is 0.770. The summed E-state index contributed by atoms with van der Waals surface area (Å²) in [5, 5.41) is 11.8. The van der Waals surface area contributed by atoms with Crippen molar-refractivity contribution in [3.05, 3.63) is 35.9 Å². The van der Waals surface area contributed by atoms with Crippen molar-refractivity contribution >= 4 is 12.0 Å². The molecular weight excluding hydrogens is 268 g/mol. The third kappa shape index (κ3) is 5.10. The standard InChI is InChI=1S/C16H22N2O3/c1-18(11-12-7-8-12)16(21)17-14(9-10-15(19)20)13-5-3-2-4-6-13/h2-6,12,14H,7-11H2,1H3,(H,17,21)(H,19,20). The Morgan fingerprint density at radius 3 is 2.57 bits per heavy atom. The SMILES string of the molecule is CN(CC1CC1)C(=O)NC(CCC(=O)O)c1ccccc1. The van der Waals surface area contributed by atoms with Crippen molar-refractivity contribution in [1.29, 1.82) is 0 Å². The van der Waals surface area contributed by atoms with Gasteiger partial charge in [0.2, 0.25) is 0 Å². The van der Waals surface area contributed by atoms with Crippen molar-refractivity contribution in [1.82, 2.24) is 10.2 Å². The molecule has 2 N–H and O–H groups in total. The number of urea groups is 1. The molecule has 2 amide bonds. The lowest BCUT2D eigenvalue weighted by molar-refractivity contribution is -0.137. The Morgan fingerprint density at radius 1 is 1.33 bits per heavy atom. The van der Waals surface area contributed by atoms with Gasteiger partial charge in [-0.3, -0.25) is 4.79 Å². The molecule has 1 aromatic rings. The summed E-state index contributed by atoms with van der Waals surface area (Å²) >= 11 is 0. The van der Waals surface area contributed by atoms with Crippen molar-refractivity contribution < 1.29 is 14.7 Å². The first-order chi connectivity index (χ1) is 10.1. The molecule has 1 aliphatic rings. The summed E-state index contributed by atoms with van der Waals surface area (Å²) in [6.07, 6.45) is 2.81. The number of nitrogens with one attached hydrogen (secondary N) is 1. The number of hydrogen-bond acceptors (Lipinski definition) is 2. The molecule has 5 heteroatoms. The van der Waals surface area contributed by atoms with Crippen LogP contribution in [0.25, 0.3) is 0 Å². The van der Waals surface area contributed by atoms with Crippen LogP contribution in [0.4, 0.5) is 4.79 Å². The van der Waals surface area contributed by atoms with Crippen LogP contribution in [0.1, 0.15) is 37.3 Å². The quantitative estimate of drug-likeness (QED) is 0.811. The maximum absolute atomic E-state index is 12.2. The normalized spacial score (nSPS) is 15.3. The minimum absolute atomic E-state index is 0.0339. The maximum atomic E-state index is 12.2. The average molecular weight is 290 g/mol. The zero-order chi connectivity index (χ0) is 15.2. The zero-order valence-electron chi connectivity index (χ0n) is 12.3. The highest BCUT2D eigenvalue weighted by atomic mass is 16.4. The Kier molecular flexibility index (Phi) is 5.20. The second-order valence-electron chi connectivity index (χ2n) is 5.67. The van der Waals surface area contributed by atoms with Gasteiger partial charge in [0.05, 0.1) is 6.04 Å². The molecule has 5 nitrogen and oxygen atoms in total. The van der Waals surface area contributed by atoms with E-state index in [4.69, 9.17) is 5.11 Å². The van der Waals surface area contributed by atoms with Crippen molar-refractivity contribution in [2.24, 2.45) is 5.92 Å². The summed E-state index contributed by atoms with van der Waals surface area (Å²) in [4.78, 5) is 24.7. The number of aliphatic carboxylic acids is 1. The fraction of sp³-hybridized carbons (Fsp3) is 0.500. The van der Waals surface area contributed by atoms with Gasteiger partial charge in [-0.15, -0.1) is 0 Å². The maximum Gasteiger partial charge on any atom is 0.317 e. The van der Waals surface area contributed by atoms with Crippen LogP contribution in [-0.2, 0) is 4.79 Å². The summed E-state index contributed by atoms with van der Waals surface area (Å²) in [5.41, 5.74) is 0.937. The van der Waals surface area contributed by atoms with Gasteiger partial charge in [-0.1, -0.05) is 30.3 Å². The van der Waals surface area contributed by atoms with E-state index in [0.717, 1.165) is 12.1 Å². The van der Waals surface area contributed by atoms with Crippen LogP contribution in [0.3, 0.4) is 0 Å². The van der Waals surface area contributed by atoms with Crippen LogP contribution in [0.15, 0.2) is 30.3 Å². The molecule has 0 radical (unpaired) electrons. The second kappa shape index (κ2) is 7.11. The molecule has 0 bridgehead atoms. The van der Waals surface area contributed by atoms with Crippen LogP contribution in [0.5, 0.6) is 0 Å². The minimum atomic E-state index is -0.850. The highest BCUT2D eigenvalue weighted by molar-refractivity contribution is 5.74. The molecule has 1 atom stereocenters. The van der Waals surface area contributed by atoms with Crippen LogP contribution in [-0.4, -0.2) is 35.6 Å². The minimum Gasteiger partial charge on any atom is -0.481 e. The number of rotatable bonds is 7. The summed E-state index contributed by atoms with van der Waals surface area (Å²) < 4.78 is 0. The predicted octanol–water partition coefficient (Wildman–Crippen LogP) is 2.64. The highest BCUT2D eigenvalue weighted by Gasteiger charge is 2.26. The van der Waals surface area contributed by atoms with Gasteiger partial charge >= 0.3 is 12.0 Å². The van der Waals surface area contributed by atoms with E-state index in [-0.39, 0.29) is 18.5 Å². The Labute approximate surface area is 125 Å². The molecule has 1 aromatic carbocycles. The van der Waals surface area contributed by atoms with E-state index in [1.807, 2.05) is 30.3 Å². The monoisotopic (exact) mass is 290 g/mol. The van der Waals surface area contributed by atoms with E-state index in [9.17, 15) is 9.59 Å². The molecule has 0 aromatic heterocycles. The van der Waals surface area contributed by atoms with Gasteiger partial charge in [0.15, 0.2) is 0 Å². The van der Waals surface area contributed by atoms with E-state index >= 15 is 0 Å². The van der Waals surface area contributed by atoms with Gasteiger partial charge in [0.1, 0.15) is 0 Å². The molecule has 114 valence electrons. The number of carboxylic acid groups (broad SMARTS) is 1. The highest BCUT2D eigenvalue weighted by Crippen LogP contribution is 2.29. The number of hydrogen-bond donors (Lipinski definition) is 2. The number of carbonyl (C=O) groups is 2. The van der Waals surface area contributed by atoms with Crippen molar-refractivity contribution in [3.63, 3.8) is 0 Å². The number of carbonyl (C=O) groups excluding carboxylic acids is 1. The van der Waals surface area contributed by atoms with Gasteiger partial charge in [-0.2, -0.15) is 0 Å². The van der Waals surface area contributed by atoms with E-state index in [1.54, 1.807) is 11.9 Å². The van der Waals surface area contributed by atoms with Gasteiger partial charge < -0.3 is 15.3 Å². The second-order valence-corrected chi connectivity index (χ2v) is 5.67. The van der Waals surface area contributed by atoms with Crippen LogP contribution < -0.4 is 5.32 Å². The van der Waals surface area contributed by atoms with E-state index in [1.165, 1.54) is 12.8 Å². The fourth-order valence-corrected chi connectivity index (χ4v) is 2.31. The average Bonchev–Trinajstić information content (AvgIpc) is 3.27. The van der Waals surface area contributed by atoms with Crippen LogP contribution >= 0.6 is 0 Å². The van der Waals surface area contributed by atoms with Crippen LogP contribution in [0, 0.1) is 5.92 Å². The van der Waals surface area contributed by atoms with Crippen molar-refractivity contribution in [2.45, 2.75) is 31.7 Å². The van der Waals surface area contributed by atoms with Gasteiger partial charge in [0, 0.05) is 20.0 Å². The Balaban J connectivity index is 1.97. The van der Waals surface area contributed by atoms with Crippen molar-refractivity contribution in [2.75, 3.05) is 13.6 Å². The molecule has 1 aliphatic carbocycles. The number of nitrogens with zero attached hydrogens (tertiary/aromatic N) is 1. The fourth-order valence-electron chi connectivity index (χ4n) is 2.31. The van der Waals surface area contributed by atoms with Crippen LogP contribution in [0.2, 0.25) is 0 Å². The summed E-state index contributed by atoms with van der Waals surface area (Å²) in [7, 11) is 1.78. The lowest BCUT2D eigenvalue weighted by Gasteiger charge is -2.23. The molecule has 0 aliphatic heterocycles. The molecule has 21 heavy (non-hydrogen) atoms. The first-order valence-electron chi connectivity index (χ1n) is 7.34. The Bertz CT molecular complexity index is 486. The lowest BCUT2D eigenvalue weighted by Crippen LogP contribution is -2.40. The number of amides is 2. The molecule has 1 saturated carbocycles. The van der Waals surface area contributed by atoms with E-state index in [2.05, 4.69) is 5.32 Å². The Hall–Kier alpha value is -2.04.